The fourth-order valence-corrected chi connectivity index (χ4v) is 2.03. The number of nitrogens with zero attached hydrogens (tertiary/aromatic N) is 1. The lowest BCUT2D eigenvalue weighted by molar-refractivity contribution is -0.119. The van der Waals surface area contributed by atoms with Gasteiger partial charge in [-0.2, -0.15) is 0 Å². The minimum Gasteiger partial charge on any atom is -0.402 e. The third kappa shape index (κ3) is 2.37. The Labute approximate surface area is 89.6 Å². The third-order valence-corrected chi connectivity index (χ3v) is 2.89. The van der Waals surface area contributed by atoms with Gasteiger partial charge in [-0.25, -0.2) is 0 Å². The number of aliphatic imine (C=N–C) groups is 1. The van der Waals surface area contributed by atoms with Crippen molar-refractivity contribution < 1.29 is 4.79 Å². The van der Waals surface area contributed by atoms with Gasteiger partial charge in [-0.15, -0.1) is 0 Å². The second kappa shape index (κ2) is 4.47. The van der Waals surface area contributed by atoms with Crippen LogP contribution < -0.4 is 11.1 Å². The van der Waals surface area contributed by atoms with Crippen molar-refractivity contribution in [1.29, 1.82) is 0 Å². The summed E-state index contributed by atoms with van der Waals surface area (Å²) in [5, 5.41) is 2.85. The minimum absolute atomic E-state index is 0.0668. The van der Waals surface area contributed by atoms with E-state index in [0.717, 1.165) is 55.8 Å². The van der Waals surface area contributed by atoms with E-state index < -0.39 is 0 Å². The zero-order chi connectivity index (χ0) is 10.7. The molecule has 82 valence electrons. The molecule has 4 nitrogen and oxygen atoms in total. The first-order chi connectivity index (χ1) is 7.27. The van der Waals surface area contributed by atoms with Gasteiger partial charge in [0, 0.05) is 24.2 Å². The molecule has 0 unspecified atom stereocenters. The molecule has 0 aromatic carbocycles. The average molecular weight is 207 g/mol. The van der Waals surface area contributed by atoms with Gasteiger partial charge in [0.05, 0.1) is 0 Å². The van der Waals surface area contributed by atoms with E-state index in [-0.39, 0.29) is 5.91 Å². The van der Waals surface area contributed by atoms with Crippen molar-refractivity contribution in [2.24, 2.45) is 10.7 Å². The van der Waals surface area contributed by atoms with E-state index in [1.54, 1.807) is 0 Å². The van der Waals surface area contributed by atoms with Crippen LogP contribution in [0.2, 0.25) is 0 Å². The maximum Gasteiger partial charge on any atom is 0.225 e. The molecule has 0 saturated heterocycles. The summed E-state index contributed by atoms with van der Waals surface area (Å²) >= 11 is 0. The van der Waals surface area contributed by atoms with Crippen molar-refractivity contribution in [3.8, 4) is 0 Å². The molecule has 0 bridgehead atoms. The zero-order valence-electron chi connectivity index (χ0n) is 8.88. The molecule has 0 fully saturated rings. The van der Waals surface area contributed by atoms with Crippen molar-refractivity contribution in [3.63, 3.8) is 0 Å². The highest BCUT2D eigenvalue weighted by molar-refractivity contribution is 6.08. The molecule has 0 aromatic heterocycles. The summed E-state index contributed by atoms with van der Waals surface area (Å²) < 4.78 is 0. The molecule has 2 aliphatic rings. The van der Waals surface area contributed by atoms with Gasteiger partial charge in [0.1, 0.15) is 5.84 Å². The summed E-state index contributed by atoms with van der Waals surface area (Å²) in [7, 11) is 0. The Morgan fingerprint density at radius 3 is 2.73 bits per heavy atom. The molecule has 2 rings (SSSR count). The molecule has 3 N–H and O–H groups in total. The molecule has 1 aliphatic carbocycles. The van der Waals surface area contributed by atoms with Gasteiger partial charge in [0.15, 0.2) is 0 Å². The van der Waals surface area contributed by atoms with E-state index in [0.29, 0.717) is 6.42 Å². The molecule has 1 aliphatic heterocycles. The van der Waals surface area contributed by atoms with Crippen molar-refractivity contribution in [2.45, 2.75) is 38.5 Å². The molecule has 4 heteroatoms. The highest BCUT2D eigenvalue weighted by Gasteiger charge is 2.18. The van der Waals surface area contributed by atoms with E-state index >= 15 is 0 Å². The van der Waals surface area contributed by atoms with Crippen LogP contribution >= 0.6 is 0 Å². The summed E-state index contributed by atoms with van der Waals surface area (Å²) in [6.07, 6.45) is 5.58. The number of hydrogen-bond acceptors (Lipinski definition) is 3. The lowest BCUT2D eigenvalue weighted by atomic mass is 9.95. The molecule has 0 radical (unpaired) electrons. The Bertz CT molecular complexity index is 331. The number of amides is 1. The average Bonchev–Trinajstić information content (AvgIpc) is 2.43. The van der Waals surface area contributed by atoms with Crippen LogP contribution in [-0.4, -0.2) is 18.3 Å². The van der Waals surface area contributed by atoms with Crippen LogP contribution in [0, 0.1) is 0 Å². The van der Waals surface area contributed by atoms with Crippen LogP contribution in [0.5, 0.6) is 0 Å². The lowest BCUT2D eigenvalue weighted by Gasteiger charge is -2.18. The smallest absolute Gasteiger partial charge is 0.225 e. The Morgan fingerprint density at radius 1 is 1.13 bits per heavy atom. The maximum atomic E-state index is 11.4. The number of carbonyl (C=O) groups is 1. The summed E-state index contributed by atoms with van der Waals surface area (Å²) in [5.74, 6) is 0.798. The normalized spacial score (nSPS) is 23.2. The van der Waals surface area contributed by atoms with Crippen LogP contribution in [0.15, 0.2) is 16.3 Å². The van der Waals surface area contributed by atoms with E-state index in [2.05, 4.69) is 10.3 Å². The first-order valence-corrected chi connectivity index (χ1v) is 5.59. The Hall–Kier alpha value is -1.32. The van der Waals surface area contributed by atoms with E-state index in [9.17, 15) is 4.79 Å². The molecular weight excluding hydrogens is 190 g/mol. The molecule has 0 spiro atoms. The second-order valence-corrected chi connectivity index (χ2v) is 4.09. The minimum atomic E-state index is 0.0668. The van der Waals surface area contributed by atoms with Crippen LogP contribution in [-0.2, 0) is 4.79 Å². The van der Waals surface area contributed by atoms with Crippen LogP contribution in [0.1, 0.15) is 38.5 Å². The summed E-state index contributed by atoms with van der Waals surface area (Å²) in [5.41, 5.74) is 7.92. The summed E-state index contributed by atoms with van der Waals surface area (Å²) in [6.45, 7) is 0.727. The topological polar surface area (TPSA) is 67.5 Å². The molecule has 1 heterocycles. The largest absolute Gasteiger partial charge is 0.402 e. The summed E-state index contributed by atoms with van der Waals surface area (Å²) in [6, 6.07) is 0. The van der Waals surface area contributed by atoms with E-state index in [1.807, 2.05) is 0 Å². The molecule has 15 heavy (non-hydrogen) atoms. The lowest BCUT2D eigenvalue weighted by Crippen LogP contribution is -2.32. The Balaban J connectivity index is 2.20. The number of carbonyl (C=O) groups excluding carboxylic acids is 1. The molecule has 0 saturated carbocycles. The standard InChI is InChI=1S/C11H17N3O/c12-9-5-2-1-4-8(9)11-13-7-3-6-10(15)14-11/h1-7,12H2,(H,13,14,15). The monoisotopic (exact) mass is 207 g/mol. The first-order valence-electron chi connectivity index (χ1n) is 5.59. The van der Waals surface area contributed by atoms with Crippen molar-refractivity contribution in [2.75, 3.05) is 6.54 Å². The van der Waals surface area contributed by atoms with Gasteiger partial charge in [-0.3, -0.25) is 9.79 Å². The van der Waals surface area contributed by atoms with E-state index in [1.165, 1.54) is 0 Å². The maximum absolute atomic E-state index is 11.4. The quantitative estimate of drug-likeness (QED) is 0.675. The number of rotatable bonds is 1. The zero-order valence-corrected chi connectivity index (χ0v) is 8.88. The highest BCUT2D eigenvalue weighted by Crippen LogP contribution is 2.22. The number of nitrogens with two attached hydrogens (primary N) is 1. The van der Waals surface area contributed by atoms with Gasteiger partial charge in [-0.05, 0) is 32.1 Å². The number of allylic oxidation sites excluding steroid dienone is 1. The molecule has 0 atom stereocenters. The molecule has 0 aromatic rings. The number of nitrogens with one attached hydrogen (secondary N) is 1. The van der Waals surface area contributed by atoms with Crippen molar-refractivity contribution in [3.05, 3.63) is 11.3 Å². The SMILES string of the molecule is NC1=C(C2=NCCCC(=O)N2)CCCC1. The van der Waals surface area contributed by atoms with Crippen molar-refractivity contribution in [1.82, 2.24) is 5.32 Å². The number of amidine groups is 1. The Morgan fingerprint density at radius 2 is 1.93 bits per heavy atom. The predicted octanol–water partition coefficient (Wildman–Crippen LogP) is 1.08. The Kier molecular flexibility index (Phi) is 3.04. The predicted molar refractivity (Wildman–Crippen MR) is 59.4 cm³/mol. The van der Waals surface area contributed by atoms with Gasteiger partial charge in [0.2, 0.25) is 5.91 Å². The number of hydrogen-bond donors (Lipinski definition) is 2. The molecular formula is C11H17N3O. The fourth-order valence-electron chi connectivity index (χ4n) is 2.03. The highest BCUT2D eigenvalue weighted by atomic mass is 16.1. The third-order valence-electron chi connectivity index (χ3n) is 2.89. The fraction of sp³-hybridized carbons (Fsp3) is 0.636. The van der Waals surface area contributed by atoms with Gasteiger partial charge in [-0.1, -0.05) is 0 Å². The van der Waals surface area contributed by atoms with Gasteiger partial charge >= 0.3 is 0 Å². The van der Waals surface area contributed by atoms with Crippen LogP contribution in [0.4, 0.5) is 0 Å². The van der Waals surface area contributed by atoms with Crippen molar-refractivity contribution >= 4 is 11.7 Å². The van der Waals surface area contributed by atoms with Gasteiger partial charge in [0.25, 0.3) is 0 Å². The summed E-state index contributed by atoms with van der Waals surface area (Å²) in [4.78, 5) is 15.8. The van der Waals surface area contributed by atoms with E-state index in [4.69, 9.17) is 5.73 Å². The first kappa shape index (κ1) is 10.2. The van der Waals surface area contributed by atoms with Gasteiger partial charge < -0.3 is 11.1 Å². The second-order valence-electron chi connectivity index (χ2n) is 4.09. The van der Waals surface area contributed by atoms with Crippen LogP contribution in [0.25, 0.3) is 0 Å². The van der Waals surface area contributed by atoms with Crippen LogP contribution in [0.3, 0.4) is 0 Å². The molecule has 1 amide bonds.